The van der Waals surface area contributed by atoms with Gasteiger partial charge in [0.1, 0.15) is 11.6 Å². The van der Waals surface area contributed by atoms with Crippen molar-refractivity contribution in [2.24, 2.45) is 34.5 Å². The molecule has 140 valence electrons. The summed E-state index contributed by atoms with van der Waals surface area (Å²) in [5, 5.41) is 0. The van der Waals surface area contributed by atoms with Crippen LogP contribution in [0.5, 0.6) is 0 Å². The van der Waals surface area contributed by atoms with E-state index in [0.717, 1.165) is 32.1 Å². The van der Waals surface area contributed by atoms with Crippen molar-refractivity contribution in [3.8, 4) is 0 Å². The quantitative estimate of drug-likeness (QED) is 0.722. The van der Waals surface area contributed by atoms with Crippen molar-refractivity contribution in [2.45, 2.75) is 72.1 Å². The van der Waals surface area contributed by atoms with Crippen molar-refractivity contribution in [3.05, 3.63) is 0 Å². The molecule has 0 aromatic carbocycles. The normalized spacial score (nSPS) is 43.3. The van der Waals surface area contributed by atoms with Gasteiger partial charge in [0.05, 0.1) is 7.11 Å². The molecule has 0 saturated heterocycles. The fourth-order valence-corrected chi connectivity index (χ4v) is 6.73. The second-order valence-electron chi connectivity index (χ2n) is 9.12. The molecule has 3 rings (SSSR count). The van der Waals surface area contributed by atoms with Crippen LogP contribution >= 0.6 is 0 Å². The first-order chi connectivity index (χ1) is 11.7. The van der Waals surface area contributed by atoms with E-state index >= 15 is 0 Å². The average Bonchev–Trinajstić information content (AvgIpc) is 2.93. The van der Waals surface area contributed by atoms with E-state index in [0.29, 0.717) is 48.6 Å². The molecular weight excluding hydrogens is 316 g/mol. The molecule has 0 N–H and O–H groups in total. The van der Waals surface area contributed by atoms with Crippen LogP contribution in [0.4, 0.5) is 0 Å². The maximum Gasteiger partial charge on any atom is 0.305 e. The van der Waals surface area contributed by atoms with Gasteiger partial charge in [-0.15, -0.1) is 0 Å². The van der Waals surface area contributed by atoms with Gasteiger partial charge in [0, 0.05) is 24.2 Å². The van der Waals surface area contributed by atoms with Crippen molar-refractivity contribution in [2.75, 3.05) is 7.11 Å². The molecule has 3 unspecified atom stereocenters. The first-order valence-electron chi connectivity index (χ1n) is 9.84. The highest BCUT2D eigenvalue weighted by atomic mass is 16.5. The number of fused-ring (bicyclic) bond motifs is 3. The number of ketones is 2. The molecule has 3 fully saturated rings. The third-order valence-electron chi connectivity index (χ3n) is 8.16. The Kier molecular flexibility index (Phi) is 4.85. The number of rotatable bonds is 4. The van der Waals surface area contributed by atoms with Crippen LogP contribution in [0.2, 0.25) is 0 Å². The number of Topliss-reactive ketones (excluding diaryl/α,β-unsaturated/α-hetero) is 2. The lowest BCUT2D eigenvalue weighted by Gasteiger charge is -2.55. The second-order valence-corrected chi connectivity index (χ2v) is 9.12. The number of hydrogen-bond donors (Lipinski definition) is 0. The van der Waals surface area contributed by atoms with Gasteiger partial charge in [-0.25, -0.2) is 0 Å². The molecule has 4 nitrogen and oxygen atoms in total. The van der Waals surface area contributed by atoms with Crippen LogP contribution in [-0.2, 0) is 19.1 Å². The molecule has 0 aromatic heterocycles. The van der Waals surface area contributed by atoms with E-state index in [2.05, 4.69) is 13.8 Å². The Labute approximate surface area is 151 Å². The number of ether oxygens (including phenoxy) is 1. The van der Waals surface area contributed by atoms with Gasteiger partial charge in [0.15, 0.2) is 0 Å². The van der Waals surface area contributed by atoms with Gasteiger partial charge in [-0.3, -0.25) is 14.4 Å². The molecule has 0 spiro atoms. The lowest BCUT2D eigenvalue weighted by atomic mass is 9.48. The molecule has 3 saturated carbocycles. The predicted octanol–water partition coefficient (Wildman–Crippen LogP) is 3.96. The van der Waals surface area contributed by atoms with E-state index in [4.69, 9.17) is 4.74 Å². The minimum Gasteiger partial charge on any atom is -0.469 e. The highest BCUT2D eigenvalue weighted by Gasteiger charge is 2.60. The van der Waals surface area contributed by atoms with Crippen molar-refractivity contribution in [1.29, 1.82) is 0 Å². The Morgan fingerprint density at radius 1 is 1.12 bits per heavy atom. The van der Waals surface area contributed by atoms with Gasteiger partial charge in [-0.2, -0.15) is 0 Å². The van der Waals surface area contributed by atoms with Gasteiger partial charge < -0.3 is 4.74 Å². The molecule has 25 heavy (non-hydrogen) atoms. The Hall–Kier alpha value is -1.19. The van der Waals surface area contributed by atoms with E-state index in [9.17, 15) is 14.4 Å². The molecule has 0 bridgehead atoms. The highest BCUT2D eigenvalue weighted by Crippen LogP contribution is 2.64. The Bertz CT molecular complexity index is 582. The van der Waals surface area contributed by atoms with E-state index in [1.165, 1.54) is 7.11 Å². The van der Waals surface area contributed by atoms with Crippen molar-refractivity contribution < 1.29 is 19.1 Å². The van der Waals surface area contributed by atoms with Gasteiger partial charge >= 0.3 is 5.97 Å². The number of carbonyl (C=O) groups is 3. The van der Waals surface area contributed by atoms with Crippen LogP contribution in [0.25, 0.3) is 0 Å². The summed E-state index contributed by atoms with van der Waals surface area (Å²) < 4.78 is 4.80. The maximum absolute atomic E-state index is 12.8. The van der Waals surface area contributed by atoms with E-state index in [1.807, 2.05) is 0 Å². The Morgan fingerprint density at radius 2 is 1.84 bits per heavy atom. The predicted molar refractivity (Wildman–Crippen MR) is 94.8 cm³/mol. The van der Waals surface area contributed by atoms with Gasteiger partial charge in [-0.1, -0.05) is 13.8 Å². The second kappa shape index (κ2) is 6.51. The maximum atomic E-state index is 12.8. The smallest absolute Gasteiger partial charge is 0.305 e. The van der Waals surface area contributed by atoms with Crippen LogP contribution in [-0.4, -0.2) is 24.6 Å². The van der Waals surface area contributed by atoms with Gasteiger partial charge in [0.2, 0.25) is 0 Å². The fourth-order valence-electron chi connectivity index (χ4n) is 6.73. The lowest BCUT2D eigenvalue weighted by molar-refractivity contribution is -0.150. The van der Waals surface area contributed by atoms with Crippen LogP contribution < -0.4 is 0 Å². The molecule has 0 radical (unpaired) electrons. The largest absolute Gasteiger partial charge is 0.469 e. The van der Waals surface area contributed by atoms with Crippen molar-refractivity contribution in [3.63, 3.8) is 0 Å². The lowest BCUT2D eigenvalue weighted by Crippen LogP contribution is -2.52. The third kappa shape index (κ3) is 2.86. The molecule has 6 atom stereocenters. The number of esters is 1. The average molecular weight is 348 g/mol. The highest BCUT2D eigenvalue weighted by molar-refractivity contribution is 5.86. The summed E-state index contributed by atoms with van der Waals surface area (Å²) in [7, 11) is 1.41. The first kappa shape index (κ1) is 18.6. The zero-order valence-electron chi connectivity index (χ0n) is 16.1. The summed E-state index contributed by atoms with van der Waals surface area (Å²) in [6.45, 7) is 6.14. The minimum atomic E-state index is -0.410. The number of hydrogen-bond acceptors (Lipinski definition) is 4. The minimum absolute atomic E-state index is 0.108. The molecule has 0 aromatic rings. The third-order valence-corrected chi connectivity index (χ3v) is 8.16. The Balaban J connectivity index is 1.84. The molecule has 0 amide bonds. The number of methoxy groups -OCH3 is 1. The summed E-state index contributed by atoms with van der Waals surface area (Å²) in [6.07, 6.45) is 6.66. The standard InChI is InChI=1S/C21H32O4/c1-13(22)15-6-7-16-14-5-8-18(23)21(3,12-10-19(24)25-4)17(14)9-11-20(15,16)2/h14-17H,5-12H2,1-4H3/t14?,15-,16?,17?,20-,21-/m1/s1. The molecule has 4 heteroatoms. The summed E-state index contributed by atoms with van der Waals surface area (Å²) in [5.41, 5.74) is -0.302. The Morgan fingerprint density at radius 3 is 2.48 bits per heavy atom. The first-order valence-corrected chi connectivity index (χ1v) is 9.84. The van der Waals surface area contributed by atoms with Crippen molar-refractivity contribution >= 4 is 17.5 Å². The van der Waals surface area contributed by atoms with Crippen LogP contribution in [0, 0.1) is 34.5 Å². The molecule has 0 aliphatic heterocycles. The molecule has 3 aliphatic rings. The van der Waals surface area contributed by atoms with Crippen molar-refractivity contribution in [1.82, 2.24) is 0 Å². The van der Waals surface area contributed by atoms with Gasteiger partial charge in [0.25, 0.3) is 0 Å². The zero-order chi connectivity index (χ0) is 18.4. The van der Waals surface area contributed by atoms with Gasteiger partial charge in [-0.05, 0) is 68.6 Å². The summed E-state index contributed by atoms with van der Waals surface area (Å²) in [4.78, 5) is 36.6. The van der Waals surface area contributed by atoms with Crippen LogP contribution in [0.3, 0.4) is 0 Å². The van der Waals surface area contributed by atoms with E-state index in [1.54, 1.807) is 6.92 Å². The number of carbonyl (C=O) groups excluding carboxylic acids is 3. The SMILES string of the molecule is COC(=O)CC[C@@]1(C)C(=O)CCC2C1CC[C@@]1(C)C2CC[C@@H]1C(C)=O. The molecule has 3 aliphatic carbocycles. The summed E-state index contributed by atoms with van der Waals surface area (Å²) >= 11 is 0. The van der Waals surface area contributed by atoms with Crippen LogP contribution in [0.1, 0.15) is 72.1 Å². The summed E-state index contributed by atoms with van der Waals surface area (Å²) in [6, 6.07) is 0. The fraction of sp³-hybridized carbons (Fsp3) is 0.857. The van der Waals surface area contributed by atoms with E-state index in [-0.39, 0.29) is 17.3 Å². The monoisotopic (exact) mass is 348 g/mol. The van der Waals surface area contributed by atoms with Crippen LogP contribution in [0.15, 0.2) is 0 Å². The molecule has 0 heterocycles. The topological polar surface area (TPSA) is 60.4 Å². The van der Waals surface area contributed by atoms with E-state index < -0.39 is 5.41 Å². The summed E-state index contributed by atoms with van der Waals surface area (Å²) in [5.74, 6) is 2.04. The zero-order valence-corrected chi connectivity index (χ0v) is 16.1. The molecular formula is C21H32O4.